The monoisotopic (exact) mass is 652 g/mol. The number of carbonyl (C=O) groups is 2. The van der Waals surface area contributed by atoms with E-state index < -0.39 is 23.9 Å². The summed E-state index contributed by atoms with van der Waals surface area (Å²) in [4.78, 5) is 33.7. The Balaban J connectivity index is 1.43. The molecule has 0 radical (unpaired) electrons. The molecule has 2 aliphatic rings. The van der Waals surface area contributed by atoms with Crippen LogP contribution in [0.1, 0.15) is 35.4 Å². The van der Waals surface area contributed by atoms with Crippen LogP contribution in [0.15, 0.2) is 75.7 Å². The van der Waals surface area contributed by atoms with E-state index in [0.29, 0.717) is 29.7 Å². The molecule has 1 saturated heterocycles. The zero-order valence-corrected chi connectivity index (χ0v) is 25.6. The zero-order chi connectivity index (χ0) is 29.8. The number of ether oxygens (including phenoxy) is 1. The summed E-state index contributed by atoms with van der Waals surface area (Å²) in [5.41, 5.74) is 3.44. The molecule has 1 aliphatic heterocycles. The Labute approximate surface area is 257 Å². The maximum Gasteiger partial charge on any atom is 0.234 e. The highest BCUT2D eigenvalue weighted by Gasteiger charge is 2.54. The number of aromatic hydroxyl groups is 1. The SMILES string of the molecule is COCC1=C([C@H](O)CC/C(=C/c2cc(Br)ccc2O)c2ccccn2)[C@H](CO)[C@@H]2C(=O)N(Cc3cccs3)C(=O)[C@@H]2C1. The number of carbonyl (C=O) groups excluding carboxylic acids is 2. The molecule has 0 spiro atoms. The molecule has 1 aromatic carbocycles. The lowest BCUT2D eigenvalue weighted by Crippen LogP contribution is -2.39. The van der Waals surface area contributed by atoms with Gasteiger partial charge in [-0.3, -0.25) is 19.5 Å². The summed E-state index contributed by atoms with van der Waals surface area (Å²) < 4.78 is 6.28. The van der Waals surface area contributed by atoms with Gasteiger partial charge in [0.25, 0.3) is 0 Å². The van der Waals surface area contributed by atoms with Crippen molar-refractivity contribution in [1.82, 2.24) is 9.88 Å². The largest absolute Gasteiger partial charge is 0.507 e. The van der Waals surface area contributed by atoms with Gasteiger partial charge in [-0.15, -0.1) is 11.3 Å². The standard InChI is InChI=1S/C32H33BrN2O6S/c1-41-18-21-15-24-30(32(40)35(31(24)39)16-23-5-4-12-42-23)25(17-36)29(21)28(38)9-7-19(26-6-2-3-11-34-26)13-20-14-22(33)8-10-27(20)37/h2-6,8,10-14,24-25,28,30,36-38H,7,9,15-18H2,1H3/b19-13-/t24-,25+,28-,30-/m1/s1. The van der Waals surface area contributed by atoms with Gasteiger partial charge < -0.3 is 20.1 Å². The van der Waals surface area contributed by atoms with E-state index in [0.717, 1.165) is 20.5 Å². The average molecular weight is 654 g/mol. The molecule has 2 aromatic heterocycles. The summed E-state index contributed by atoms with van der Waals surface area (Å²) in [5.74, 6) is -2.47. The lowest BCUT2D eigenvalue weighted by molar-refractivity contribution is -0.140. The molecule has 3 heterocycles. The molecule has 2 amide bonds. The van der Waals surface area contributed by atoms with Crippen molar-refractivity contribution in [3.05, 3.63) is 91.9 Å². The van der Waals surface area contributed by atoms with Crippen LogP contribution in [0, 0.1) is 17.8 Å². The lowest BCUT2D eigenvalue weighted by Gasteiger charge is -2.36. The van der Waals surface area contributed by atoms with Gasteiger partial charge in [0.15, 0.2) is 0 Å². The topological polar surface area (TPSA) is 120 Å². The third kappa shape index (κ3) is 6.28. The Kier molecular flexibility index (Phi) is 9.70. The number of hydrogen-bond acceptors (Lipinski definition) is 8. The van der Waals surface area contributed by atoms with Gasteiger partial charge in [-0.25, -0.2) is 0 Å². The van der Waals surface area contributed by atoms with Crippen LogP contribution in [-0.4, -0.2) is 63.4 Å². The van der Waals surface area contributed by atoms with Crippen molar-refractivity contribution in [3.63, 3.8) is 0 Å². The number of aliphatic hydroxyl groups excluding tert-OH is 2. The number of aromatic nitrogens is 1. The molecular formula is C32H33BrN2O6S. The fourth-order valence-corrected chi connectivity index (χ4v) is 7.22. The number of likely N-dealkylation sites (tertiary alicyclic amines) is 1. The summed E-state index contributed by atoms with van der Waals surface area (Å²) in [5, 5.41) is 34.6. The molecule has 8 nitrogen and oxygen atoms in total. The van der Waals surface area contributed by atoms with Crippen molar-refractivity contribution in [2.45, 2.75) is 31.9 Å². The number of nitrogens with zero attached hydrogens (tertiary/aromatic N) is 2. The molecule has 1 aliphatic carbocycles. The quantitative estimate of drug-likeness (QED) is 0.196. The van der Waals surface area contributed by atoms with Gasteiger partial charge in [-0.2, -0.15) is 0 Å². The van der Waals surface area contributed by atoms with Crippen LogP contribution < -0.4 is 0 Å². The number of hydrogen-bond donors (Lipinski definition) is 3. The number of methoxy groups -OCH3 is 1. The summed E-state index contributed by atoms with van der Waals surface area (Å²) in [6, 6.07) is 14.5. The van der Waals surface area contributed by atoms with Crippen LogP contribution in [0.4, 0.5) is 0 Å². The third-order valence-electron chi connectivity index (χ3n) is 8.04. The summed E-state index contributed by atoms with van der Waals surface area (Å²) in [7, 11) is 1.55. The van der Waals surface area contributed by atoms with Crippen molar-refractivity contribution in [2.75, 3.05) is 20.3 Å². The van der Waals surface area contributed by atoms with Gasteiger partial charge in [0, 0.05) is 34.1 Å². The second-order valence-electron chi connectivity index (χ2n) is 10.6. The van der Waals surface area contributed by atoms with E-state index in [-0.39, 0.29) is 43.7 Å². The molecule has 5 rings (SSSR count). The van der Waals surface area contributed by atoms with Crippen molar-refractivity contribution in [1.29, 1.82) is 0 Å². The zero-order valence-electron chi connectivity index (χ0n) is 23.1. The third-order valence-corrected chi connectivity index (χ3v) is 9.40. The van der Waals surface area contributed by atoms with E-state index in [9.17, 15) is 24.9 Å². The molecule has 0 bridgehead atoms. The van der Waals surface area contributed by atoms with Crippen LogP contribution in [0.25, 0.3) is 11.6 Å². The Hall–Kier alpha value is -3.15. The van der Waals surface area contributed by atoms with Crippen molar-refractivity contribution in [3.8, 4) is 5.75 Å². The van der Waals surface area contributed by atoms with Gasteiger partial charge in [-0.05, 0) is 83.8 Å². The molecule has 0 unspecified atom stereocenters. The number of benzene rings is 1. The van der Waals surface area contributed by atoms with Crippen molar-refractivity contribution in [2.24, 2.45) is 17.8 Å². The molecule has 10 heteroatoms. The molecular weight excluding hydrogens is 620 g/mol. The van der Waals surface area contributed by atoms with Gasteiger partial charge >= 0.3 is 0 Å². The predicted octanol–water partition coefficient (Wildman–Crippen LogP) is 5.05. The number of phenolic OH excluding ortho intramolecular Hbond substituents is 1. The highest BCUT2D eigenvalue weighted by molar-refractivity contribution is 9.10. The minimum Gasteiger partial charge on any atom is -0.507 e. The second kappa shape index (κ2) is 13.4. The summed E-state index contributed by atoms with van der Waals surface area (Å²) in [6.07, 6.45) is 3.51. The Morgan fingerprint density at radius 2 is 2.05 bits per heavy atom. The molecule has 3 aromatic rings. The van der Waals surface area contributed by atoms with E-state index in [1.807, 2.05) is 47.9 Å². The van der Waals surface area contributed by atoms with Crippen molar-refractivity contribution < 1.29 is 29.6 Å². The van der Waals surface area contributed by atoms with E-state index in [1.165, 1.54) is 16.2 Å². The van der Waals surface area contributed by atoms with Crippen LogP contribution in [0.5, 0.6) is 5.75 Å². The first-order valence-electron chi connectivity index (χ1n) is 13.8. The number of imide groups is 1. The molecule has 220 valence electrons. The van der Waals surface area contributed by atoms with E-state index in [2.05, 4.69) is 20.9 Å². The minimum absolute atomic E-state index is 0.118. The first-order chi connectivity index (χ1) is 20.3. The minimum atomic E-state index is -0.995. The number of aliphatic hydroxyl groups is 2. The average Bonchev–Trinajstić information content (AvgIpc) is 3.59. The maximum absolute atomic E-state index is 13.6. The number of fused-ring (bicyclic) bond motifs is 1. The van der Waals surface area contributed by atoms with Crippen LogP contribution >= 0.6 is 27.3 Å². The second-order valence-corrected chi connectivity index (χ2v) is 12.5. The smallest absolute Gasteiger partial charge is 0.234 e. The number of phenols is 1. The fraction of sp³-hybridized carbons (Fsp3) is 0.344. The molecule has 3 N–H and O–H groups in total. The maximum atomic E-state index is 13.6. The summed E-state index contributed by atoms with van der Waals surface area (Å²) >= 11 is 4.94. The van der Waals surface area contributed by atoms with E-state index in [1.54, 1.807) is 25.4 Å². The van der Waals surface area contributed by atoms with E-state index >= 15 is 0 Å². The number of allylic oxidation sites excluding steroid dienone is 1. The molecule has 0 saturated carbocycles. The highest BCUT2D eigenvalue weighted by Crippen LogP contribution is 2.47. The van der Waals surface area contributed by atoms with Crippen LogP contribution in [0.2, 0.25) is 0 Å². The van der Waals surface area contributed by atoms with Crippen LogP contribution in [0.3, 0.4) is 0 Å². The first kappa shape index (κ1) is 30.3. The number of thiophene rings is 1. The normalized spacial score (nSPS) is 21.7. The molecule has 1 fully saturated rings. The van der Waals surface area contributed by atoms with Crippen LogP contribution in [-0.2, 0) is 20.9 Å². The Morgan fingerprint density at radius 3 is 2.74 bits per heavy atom. The first-order valence-corrected chi connectivity index (χ1v) is 15.5. The summed E-state index contributed by atoms with van der Waals surface area (Å²) in [6.45, 7) is 0.0213. The van der Waals surface area contributed by atoms with Gasteiger partial charge in [0.05, 0.1) is 43.4 Å². The molecule has 42 heavy (non-hydrogen) atoms. The number of halogens is 1. The van der Waals surface area contributed by atoms with Crippen molar-refractivity contribution >= 4 is 50.7 Å². The fourth-order valence-electron chi connectivity index (χ4n) is 6.15. The Bertz CT molecular complexity index is 1490. The van der Waals surface area contributed by atoms with E-state index in [4.69, 9.17) is 4.74 Å². The molecule has 4 atom stereocenters. The Morgan fingerprint density at radius 1 is 1.21 bits per heavy atom. The number of pyridine rings is 1. The number of rotatable bonds is 11. The van der Waals surface area contributed by atoms with Gasteiger partial charge in [0.1, 0.15) is 5.75 Å². The van der Waals surface area contributed by atoms with Gasteiger partial charge in [-0.1, -0.05) is 28.1 Å². The van der Waals surface area contributed by atoms with Gasteiger partial charge in [0.2, 0.25) is 11.8 Å². The number of amides is 2. The highest BCUT2D eigenvalue weighted by atomic mass is 79.9. The predicted molar refractivity (Wildman–Crippen MR) is 164 cm³/mol. The lowest BCUT2D eigenvalue weighted by atomic mass is 9.68.